The van der Waals surface area contributed by atoms with E-state index in [0.717, 1.165) is 19.5 Å². The first-order chi connectivity index (χ1) is 8.59. The number of rotatable bonds is 7. The van der Waals surface area contributed by atoms with Crippen molar-refractivity contribution in [3.05, 3.63) is 35.4 Å². The molecule has 0 fully saturated rings. The summed E-state index contributed by atoms with van der Waals surface area (Å²) in [6.07, 6.45) is 0.962. The van der Waals surface area contributed by atoms with Gasteiger partial charge in [0.1, 0.15) is 0 Å². The third kappa shape index (κ3) is 5.82. The largest absolute Gasteiger partial charge is 0.355 e. The van der Waals surface area contributed by atoms with Gasteiger partial charge in [-0.15, -0.1) is 0 Å². The summed E-state index contributed by atoms with van der Waals surface area (Å²) in [6.45, 7) is 8.28. The van der Waals surface area contributed by atoms with Crippen LogP contribution in [0.2, 0.25) is 0 Å². The summed E-state index contributed by atoms with van der Waals surface area (Å²) < 4.78 is 0. The first-order valence-electron chi connectivity index (χ1n) is 6.61. The average molecular weight is 248 g/mol. The number of hydrogen-bond acceptors (Lipinski definition) is 2. The number of carbonyl (C=O) groups is 1. The van der Waals surface area contributed by atoms with Crippen molar-refractivity contribution < 1.29 is 4.79 Å². The summed E-state index contributed by atoms with van der Waals surface area (Å²) in [5, 5.41) is 6.06. The van der Waals surface area contributed by atoms with Crippen LogP contribution >= 0.6 is 0 Å². The molecule has 0 aliphatic rings. The summed E-state index contributed by atoms with van der Waals surface area (Å²) in [5.74, 6) is 0.578. The maximum Gasteiger partial charge on any atom is 0.233 e. The van der Waals surface area contributed by atoms with E-state index in [1.54, 1.807) is 0 Å². The highest BCUT2D eigenvalue weighted by Crippen LogP contribution is 2.06. The summed E-state index contributed by atoms with van der Waals surface area (Å²) in [5.41, 5.74) is 2.65. The molecule has 1 aromatic rings. The van der Waals surface area contributed by atoms with Crippen LogP contribution in [-0.2, 0) is 11.2 Å². The molecule has 100 valence electrons. The van der Waals surface area contributed by atoms with E-state index in [1.165, 1.54) is 11.1 Å². The van der Waals surface area contributed by atoms with Crippen LogP contribution in [0, 0.1) is 12.8 Å². The van der Waals surface area contributed by atoms with Crippen LogP contribution in [0.5, 0.6) is 0 Å². The number of nitrogens with one attached hydrogen (secondary N) is 2. The zero-order valence-corrected chi connectivity index (χ0v) is 11.6. The van der Waals surface area contributed by atoms with E-state index in [4.69, 9.17) is 0 Å². The van der Waals surface area contributed by atoms with Gasteiger partial charge >= 0.3 is 0 Å². The fourth-order valence-electron chi connectivity index (χ4n) is 1.70. The van der Waals surface area contributed by atoms with Crippen LogP contribution in [0.25, 0.3) is 0 Å². The second kappa shape index (κ2) is 7.88. The van der Waals surface area contributed by atoms with Crippen LogP contribution in [0.3, 0.4) is 0 Å². The first kappa shape index (κ1) is 14.7. The van der Waals surface area contributed by atoms with E-state index in [-0.39, 0.29) is 5.91 Å². The molecular weight excluding hydrogens is 224 g/mol. The summed E-state index contributed by atoms with van der Waals surface area (Å²) >= 11 is 0. The molecule has 0 saturated carbocycles. The maximum absolute atomic E-state index is 11.5. The van der Waals surface area contributed by atoms with Crippen molar-refractivity contribution in [3.8, 4) is 0 Å². The third-order valence-electron chi connectivity index (χ3n) is 2.83. The van der Waals surface area contributed by atoms with Crippen molar-refractivity contribution in [2.24, 2.45) is 5.92 Å². The summed E-state index contributed by atoms with van der Waals surface area (Å²) in [7, 11) is 0. The molecule has 18 heavy (non-hydrogen) atoms. The molecule has 0 unspecified atom stereocenters. The van der Waals surface area contributed by atoms with Gasteiger partial charge in [0.2, 0.25) is 5.91 Å². The van der Waals surface area contributed by atoms with Crippen molar-refractivity contribution in [2.45, 2.75) is 27.2 Å². The smallest absolute Gasteiger partial charge is 0.233 e. The number of carbonyl (C=O) groups excluding carboxylic acids is 1. The fourth-order valence-corrected chi connectivity index (χ4v) is 1.70. The van der Waals surface area contributed by atoms with Gasteiger partial charge in [-0.3, -0.25) is 4.79 Å². The molecule has 0 radical (unpaired) electrons. The Bertz CT molecular complexity index is 375. The lowest BCUT2D eigenvalue weighted by molar-refractivity contribution is -0.120. The quantitative estimate of drug-likeness (QED) is 0.724. The first-order valence-corrected chi connectivity index (χ1v) is 6.61. The minimum Gasteiger partial charge on any atom is -0.355 e. The highest BCUT2D eigenvalue weighted by Gasteiger charge is 2.02. The second-order valence-electron chi connectivity index (χ2n) is 5.05. The van der Waals surface area contributed by atoms with Crippen LogP contribution in [-0.4, -0.2) is 25.5 Å². The maximum atomic E-state index is 11.5. The van der Waals surface area contributed by atoms with E-state index >= 15 is 0 Å². The Kier molecular flexibility index (Phi) is 6.44. The van der Waals surface area contributed by atoms with E-state index in [9.17, 15) is 4.79 Å². The Morgan fingerprint density at radius 3 is 2.67 bits per heavy atom. The monoisotopic (exact) mass is 248 g/mol. The lowest BCUT2D eigenvalue weighted by atomic mass is 10.1. The molecule has 1 amide bonds. The molecular formula is C15H24N2O. The van der Waals surface area contributed by atoms with Crippen molar-refractivity contribution in [3.63, 3.8) is 0 Å². The standard InChI is InChI=1S/C15H24N2O/c1-12(2)10-17-15(18)11-16-9-8-14-7-5-4-6-13(14)3/h4-7,12,16H,8-11H2,1-3H3,(H,17,18). The van der Waals surface area contributed by atoms with E-state index < -0.39 is 0 Å². The van der Waals surface area contributed by atoms with Gasteiger partial charge in [0.05, 0.1) is 6.54 Å². The van der Waals surface area contributed by atoms with Gasteiger partial charge in [0.15, 0.2) is 0 Å². The average Bonchev–Trinajstić information content (AvgIpc) is 2.34. The fraction of sp³-hybridized carbons (Fsp3) is 0.533. The third-order valence-corrected chi connectivity index (χ3v) is 2.83. The van der Waals surface area contributed by atoms with E-state index in [0.29, 0.717) is 12.5 Å². The summed E-state index contributed by atoms with van der Waals surface area (Å²) in [6, 6.07) is 8.35. The van der Waals surface area contributed by atoms with Gasteiger partial charge in [0.25, 0.3) is 0 Å². The normalized spacial score (nSPS) is 10.7. The van der Waals surface area contributed by atoms with Crippen LogP contribution in [0.1, 0.15) is 25.0 Å². The van der Waals surface area contributed by atoms with Gasteiger partial charge in [0, 0.05) is 6.54 Å². The molecule has 0 spiro atoms. The molecule has 1 rings (SSSR count). The molecule has 3 heteroatoms. The van der Waals surface area contributed by atoms with Crippen LogP contribution in [0.15, 0.2) is 24.3 Å². The molecule has 0 atom stereocenters. The van der Waals surface area contributed by atoms with Crippen LogP contribution < -0.4 is 10.6 Å². The van der Waals surface area contributed by atoms with Gasteiger partial charge in [-0.1, -0.05) is 38.1 Å². The zero-order chi connectivity index (χ0) is 13.4. The number of hydrogen-bond donors (Lipinski definition) is 2. The lowest BCUT2D eigenvalue weighted by Crippen LogP contribution is -2.36. The Hall–Kier alpha value is -1.35. The predicted octanol–water partition coefficient (Wildman–Crippen LogP) is 1.90. The van der Waals surface area contributed by atoms with Crippen molar-refractivity contribution in [1.29, 1.82) is 0 Å². The van der Waals surface area contributed by atoms with Crippen molar-refractivity contribution in [1.82, 2.24) is 10.6 Å². The Labute approximate surface area is 110 Å². The zero-order valence-electron chi connectivity index (χ0n) is 11.6. The van der Waals surface area contributed by atoms with Gasteiger partial charge in [-0.25, -0.2) is 0 Å². The van der Waals surface area contributed by atoms with Crippen molar-refractivity contribution >= 4 is 5.91 Å². The van der Waals surface area contributed by atoms with Gasteiger partial charge < -0.3 is 10.6 Å². The molecule has 2 N–H and O–H groups in total. The van der Waals surface area contributed by atoms with Gasteiger partial charge in [-0.2, -0.15) is 0 Å². The minimum atomic E-state index is 0.0773. The number of benzene rings is 1. The predicted molar refractivity (Wildman–Crippen MR) is 75.6 cm³/mol. The van der Waals surface area contributed by atoms with Gasteiger partial charge in [-0.05, 0) is 36.9 Å². The molecule has 3 nitrogen and oxygen atoms in total. The second-order valence-corrected chi connectivity index (χ2v) is 5.05. The highest BCUT2D eigenvalue weighted by atomic mass is 16.1. The topological polar surface area (TPSA) is 41.1 Å². The Morgan fingerprint density at radius 2 is 2.00 bits per heavy atom. The van der Waals surface area contributed by atoms with E-state index in [2.05, 4.69) is 49.6 Å². The van der Waals surface area contributed by atoms with Crippen molar-refractivity contribution in [2.75, 3.05) is 19.6 Å². The minimum absolute atomic E-state index is 0.0773. The molecule has 0 aliphatic carbocycles. The Morgan fingerprint density at radius 1 is 1.28 bits per heavy atom. The number of aryl methyl sites for hydroxylation is 1. The highest BCUT2D eigenvalue weighted by molar-refractivity contribution is 5.77. The summed E-state index contributed by atoms with van der Waals surface area (Å²) in [4.78, 5) is 11.5. The lowest BCUT2D eigenvalue weighted by Gasteiger charge is -2.09. The molecule has 0 saturated heterocycles. The molecule has 0 aromatic heterocycles. The number of amides is 1. The molecule has 0 aliphatic heterocycles. The SMILES string of the molecule is Cc1ccccc1CCNCC(=O)NCC(C)C. The molecule has 0 heterocycles. The molecule has 0 bridgehead atoms. The Balaban J connectivity index is 2.15. The van der Waals surface area contributed by atoms with E-state index in [1.807, 2.05) is 6.07 Å². The molecule has 1 aromatic carbocycles. The van der Waals surface area contributed by atoms with Crippen LogP contribution in [0.4, 0.5) is 0 Å².